The number of hydrogen-bond donors (Lipinski definition) is 3. The zero-order valence-electron chi connectivity index (χ0n) is 9.04. The third-order valence-electron chi connectivity index (χ3n) is 2.04. The molecule has 0 fully saturated rings. The van der Waals surface area contributed by atoms with Crippen LogP contribution >= 0.6 is 0 Å². The first kappa shape index (κ1) is 13.1. The number of halogens is 3. The van der Waals surface area contributed by atoms with Crippen molar-refractivity contribution in [3.8, 4) is 0 Å². The Labute approximate surface area is 95.9 Å². The van der Waals surface area contributed by atoms with Gasteiger partial charge >= 0.3 is 0 Å². The molecule has 1 unspecified atom stereocenters. The Morgan fingerprint density at radius 1 is 1.41 bits per heavy atom. The van der Waals surface area contributed by atoms with Crippen LogP contribution in [0.3, 0.4) is 0 Å². The third kappa shape index (κ3) is 3.54. The van der Waals surface area contributed by atoms with E-state index in [0.717, 1.165) is 12.1 Å². The maximum absolute atomic E-state index is 12.9. The van der Waals surface area contributed by atoms with Crippen LogP contribution in [0.15, 0.2) is 17.3 Å². The summed E-state index contributed by atoms with van der Waals surface area (Å²) < 4.78 is 38.4. The second-order valence-corrected chi connectivity index (χ2v) is 3.59. The molecule has 0 heterocycles. The molecule has 0 saturated heterocycles. The Balaban J connectivity index is 2.75. The minimum absolute atomic E-state index is 0.0203. The van der Waals surface area contributed by atoms with Crippen molar-refractivity contribution in [1.29, 1.82) is 0 Å². The van der Waals surface area contributed by atoms with E-state index in [2.05, 4.69) is 10.5 Å². The predicted molar refractivity (Wildman–Crippen MR) is 57.4 cm³/mol. The Morgan fingerprint density at radius 2 is 1.94 bits per heavy atom. The van der Waals surface area contributed by atoms with Crippen LogP contribution in [0.5, 0.6) is 0 Å². The molecule has 0 aliphatic heterocycles. The van der Waals surface area contributed by atoms with Gasteiger partial charge in [0.2, 0.25) is 0 Å². The summed E-state index contributed by atoms with van der Waals surface area (Å²) in [5, 5.41) is 13.8. The normalized spacial score (nSPS) is 13.5. The van der Waals surface area contributed by atoms with Gasteiger partial charge in [-0.15, -0.1) is 0 Å². The van der Waals surface area contributed by atoms with Crippen LogP contribution in [-0.4, -0.2) is 17.1 Å². The van der Waals surface area contributed by atoms with E-state index in [-0.39, 0.29) is 24.0 Å². The molecule has 0 aromatic heterocycles. The summed E-state index contributed by atoms with van der Waals surface area (Å²) in [7, 11) is 0. The van der Waals surface area contributed by atoms with Gasteiger partial charge in [-0.25, -0.2) is 13.2 Å². The van der Waals surface area contributed by atoms with E-state index in [1.54, 1.807) is 6.92 Å². The zero-order valence-corrected chi connectivity index (χ0v) is 9.04. The average molecular weight is 247 g/mol. The van der Waals surface area contributed by atoms with Crippen LogP contribution in [0, 0.1) is 17.5 Å². The number of anilines is 1. The molecule has 0 aliphatic rings. The van der Waals surface area contributed by atoms with Crippen molar-refractivity contribution in [2.24, 2.45) is 10.9 Å². The molecule has 0 bridgehead atoms. The number of benzene rings is 1. The summed E-state index contributed by atoms with van der Waals surface area (Å²) >= 11 is 0. The molecule has 0 spiro atoms. The molecule has 1 aromatic rings. The second-order valence-electron chi connectivity index (χ2n) is 3.59. The largest absolute Gasteiger partial charge is 0.409 e. The highest BCUT2D eigenvalue weighted by Gasteiger charge is 2.12. The lowest BCUT2D eigenvalue weighted by molar-refractivity contribution is 0.316. The molecule has 4 N–H and O–H groups in total. The summed E-state index contributed by atoms with van der Waals surface area (Å²) in [5.41, 5.74) is 5.35. The molecule has 7 heteroatoms. The standard InChI is InChI=1S/C10H12F3N3O/c1-5(2-9(14)16-17)15-6-3-7(11)10(13)8(12)4-6/h3-5,15,17H,2H2,1H3,(H2,14,16). The number of nitrogens with two attached hydrogens (primary N) is 1. The van der Waals surface area contributed by atoms with Crippen LogP contribution < -0.4 is 11.1 Å². The van der Waals surface area contributed by atoms with E-state index in [1.807, 2.05) is 0 Å². The van der Waals surface area contributed by atoms with E-state index >= 15 is 0 Å². The molecule has 1 rings (SSSR count). The van der Waals surface area contributed by atoms with E-state index in [9.17, 15) is 13.2 Å². The van der Waals surface area contributed by atoms with Crippen molar-refractivity contribution in [2.75, 3.05) is 5.32 Å². The minimum Gasteiger partial charge on any atom is -0.409 e. The smallest absolute Gasteiger partial charge is 0.194 e. The van der Waals surface area contributed by atoms with Crippen LogP contribution in [0.25, 0.3) is 0 Å². The first-order valence-electron chi connectivity index (χ1n) is 4.81. The summed E-state index contributed by atoms with van der Waals surface area (Å²) in [6, 6.07) is 1.35. The lowest BCUT2D eigenvalue weighted by atomic mass is 10.2. The fourth-order valence-electron chi connectivity index (χ4n) is 1.33. The van der Waals surface area contributed by atoms with Gasteiger partial charge in [-0.1, -0.05) is 5.16 Å². The Bertz CT molecular complexity index is 414. The van der Waals surface area contributed by atoms with Crippen LogP contribution in [0.4, 0.5) is 18.9 Å². The van der Waals surface area contributed by atoms with Gasteiger partial charge in [-0.3, -0.25) is 0 Å². The summed E-state index contributed by atoms with van der Waals surface area (Å²) in [4.78, 5) is 0. The molecule has 0 saturated carbocycles. The van der Waals surface area contributed by atoms with E-state index < -0.39 is 17.5 Å². The molecular formula is C10H12F3N3O. The highest BCUT2D eigenvalue weighted by molar-refractivity contribution is 5.80. The van der Waals surface area contributed by atoms with E-state index in [0.29, 0.717) is 0 Å². The van der Waals surface area contributed by atoms with Gasteiger partial charge in [-0.2, -0.15) is 0 Å². The fourth-order valence-corrected chi connectivity index (χ4v) is 1.33. The minimum atomic E-state index is -1.51. The summed E-state index contributed by atoms with van der Waals surface area (Å²) in [5.74, 6) is -4.08. The van der Waals surface area contributed by atoms with Crippen molar-refractivity contribution in [3.05, 3.63) is 29.6 Å². The molecular weight excluding hydrogens is 235 g/mol. The Morgan fingerprint density at radius 3 is 2.41 bits per heavy atom. The molecule has 0 aliphatic carbocycles. The second kappa shape index (κ2) is 5.42. The first-order chi connectivity index (χ1) is 7.93. The summed E-state index contributed by atoms with van der Waals surface area (Å²) in [6.45, 7) is 1.66. The van der Waals surface area contributed by atoms with Gasteiger partial charge in [0.05, 0.1) is 0 Å². The number of amidine groups is 1. The van der Waals surface area contributed by atoms with Crippen LogP contribution in [0.1, 0.15) is 13.3 Å². The lowest BCUT2D eigenvalue weighted by Crippen LogP contribution is -2.24. The molecule has 0 amide bonds. The van der Waals surface area contributed by atoms with Gasteiger partial charge < -0.3 is 16.3 Å². The Hall–Kier alpha value is -1.92. The van der Waals surface area contributed by atoms with E-state index in [4.69, 9.17) is 10.9 Å². The van der Waals surface area contributed by atoms with Crippen molar-refractivity contribution in [1.82, 2.24) is 0 Å². The van der Waals surface area contributed by atoms with E-state index in [1.165, 1.54) is 0 Å². The molecule has 17 heavy (non-hydrogen) atoms. The number of hydrogen-bond acceptors (Lipinski definition) is 3. The average Bonchev–Trinajstić information content (AvgIpc) is 2.25. The maximum Gasteiger partial charge on any atom is 0.194 e. The SMILES string of the molecule is CC(CC(N)=NO)Nc1cc(F)c(F)c(F)c1. The van der Waals surface area contributed by atoms with Gasteiger partial charge in [0.15, 0.2) is 17.5 Å². The highest BCUT2D eigenvalue weighted by Crippen LogP contribution is 2.18. The van der Waals surface area contributed by atoms with Crippen LogP contribution in [-0.2, 0) is 0 Å². The maximum atomic E-state index is 12.9. The quantitative estimate of drug-likeness (QED) is 0.251. The monoisotopic (exact) mass is 247 g/mol. The van der Waals surface area contributed by atoms with Gasteiger partial charge in [-0.05, 0) is 6.92 Å². The van der Waals surface area contributed by atoms with Crippen molar-refractivity contribution in [3.63, 3.8) is 0 Å². The lowest BCUT2D eigenvalue weighted by Gasteiger charge is -2.14. The zero-order chi connectivity index (χ0) is 13.0. The molecule has 94 valence electrons. The van der Waals surface area contributed by atoms with Gasteiger partial charge in [0.25, 0.3) is 0 Å². The number of oxime groups is 1. The third-order valence-corrected chi connectivity index (χ3v) is 2.04. The Kier molecular flexibility index (Phi) is 4.19. The molecule has 4 nitrogen and oxygen atoms in total. The predicted octanol–water partition coefficient (Wildman–Crippen LogP) is 2.04. The van der Waals surface area contributed by atoms with Crippen molar-refractivity contribution < 1.29 is 18.4 Å². The van der Waals surface area contributed by atoms with Crippen molar-refractivity contribution in [2.45, 2.75) is 19.4 Å². The first-order valence-corrected chi connectivity index (χ1v) is 4.81. The van der Waals surface area contributed by atoms with Gasteiger partial charge in [0.1, 0.15) is 5.84 Å². The topological polar surface area (TPSA) is 70.6 Å². The number of nitrogens with one attached hydrogen (secondary N) is 1. The molecule has 1 aromatic carbocycles. The summed E-state index contributed by atoms with van der Waals surface area (Å²) in [6.07, 6.45) is 0.178. The number of nitrogens with zero attached hydrogens (tertiary/aromatic N) is 1. The highest BCUT2D eigenvalue weighted by atomic mass is 19.2. The fraction of sp³-hybridized carbons (Fsp3) is 0.300. The molecule has 1 atom stereocenters. The van der Waals surface area contributed by atoms with Crippen LogP contribution in [0.2, 0.25) is 0 Å². The van der Waals surface area contributed by atoms with Gasteiger partial charge in [0, 0.05) is 30.3 Å². The molecule has 0 radical (unpaired) electrons. The van der Waals surface area contributed by atoms with Crippen molar-refractivity contribution >= 4 is 11.5 Å². The number of rotatable bonds is 4.